The number of hydrogen-bond acceptors (Lipinski definition) is 5. The lowest BCUT2D eigenvalue weighted by atomic mass is 10.2. The molecule has 0 saturated carbocycles. The molecule has 20 heavy (non-hydrogen) atoms. The van der Waals surface area contributed by atoms with Crippen LogP contribution < -0.4 is 0 Å². The van der Waals surface area contributed by atoms with Crippen LogP contribution in [0.3, 0.4) is 0 Å². The minimum atomic E-state index is -3.79. The van der Waals surface area contributed by atoms with Gasteiger partial charge in [-0.05, 0) is 6.42 Å². The highest BCUT2D eigenvalue weighted by molar-refractivity contribution is 7.92. The van der Waals surface area contributed by atoms with Crippen LogP contribution in [0.5, 0.6) is 0 Å². The predicted molar refractivity (Wildman–Crippen MR) is 75.3 cm³/mol. The maximum Gasteiger partial charge on any atom is 0.321 e. The van der Waals surface area contributed by atoms with Gasteiger partial charge in [0.25, 0.3) is 0 Å². The number of carbonyl (C=O) groups excluding carboxylic acids is 2. The third-order valence-electron chi connectivity index (χ3n) is 2.55. The van der Waals surface area contributed by atoms with Gasteiger partial charge in [-0.25, -0.2) is 8.42 Å². The highest BCUT2D eigenvalue weighted by Crippen LogP contribution is 2.04. The number of Topliss-reactive ketones (excluding diaryl/α,β-unsaturated/α-hetero) is 1. The SMILES string of the molecule is CCCCOC(=O)CS(=O)(=O)CC(=O)c1ccccc1. The molecule has 0 fully saturated rings. The number of esters is 1. The smallest absolute Gasteiger partial charge is 0.321 e. The van der Waals surface area contributed by atoms with Gasteiger partial charge in [-0.3, -0.25) is 9.59 Å². The molecule has 5 nitrogen and oxygen atoms in total. The molecule has 0 aliphatic heterocycles. The summed E-state index contributed by atoms with van der Waals surface area (Å²) in [6, 6.07) is 8.11. The topological polar surface area (TPSA) is 77.5 Å². The third-order valence-corrected chi connectivity index (χ3v) is 3.92. The molecule has 0 bridgehead atoms. The first kappa shape index (κ1) is 16.4. The van der Waals surface area contributed by atoms with E-state index in [1.165, 1.54) is 12.1 Å². The average Bonchev–Trinajstić information content (AvgIpc) is 2.38. The summed E-state index contributed by atoms with van der Waals surface area (Å²) in [6.45, 7) is 2.14. The number of carbonyl (C=O) groups is 2. The van der Waals surface area contributed by atoms with Crippen LogP contribution >= 0.6 is 0 Å². The van der Waals surface area contributed by atoms with E-state index in [4.69, 9.17) is 4.74 Å². The van der Waals surface area contributed by atoms with Crippen molar-refractivity contribution in [2.24, 2.45) is 0 Å². The summed E-state index contributed by atoms with van der Waals surface area (Å²) in [7, 11) is -3.79. The first-order valence-corrected chi connectivity index (χ1v) is 8.21. The number of ether oxygens (including phenoxy) is 1. The molecule has 0 amide bonds. The second-order valence-corrected chi connectivity index (χ2v) is 6.46. The number of ketones is 1. The molecule has 0 saturated heterocycles. The van der Waals surface area contributed by atoms with Gasteiger partial charge in [0.15, 0.2) is 15.6 Å². The number of sulfone groups is 1. The fraction of sp³-hybridized carbons (Fsp3) is 0.429. The number of hydrogen-bond donors (Lipinski definition) is 0. The van der Waals surface area contributed by atoms with Gasteiger partial charge in [-0.2, -0.15) is 0 Å². The Balaban J connectivity index is 2.53. The van der Waals surface area contributed by atoms with Crippen molar-refractivity contribution in [2.75, 3.05) is 18.1 Å². The van der Waals surface area contributed by atoms with Crippen LogP contribution in [0.25, 0.3) is 0 Å². The fourth-order valence-electron chi connectivity index (χ4n) is 1.51. The van der Waals surface area contributed by atoms with E-state index in [1.54, 1.807) is 18.2 Å². The van der Waals surface area contributed by atoms with Crippen molar-refractivity contribution >= 4 is 21.6 Å². The Labute approximate surface area is 118 Å². The first-order chi connectivity index (χ1) is 9.44. The predicted octanol–water partition coefficient (Wildman–Crippen LogP) is 1.63. The van der Waals surface area contributed by atoms with Crippen LogP contribution in [0.4, 0.5) is 0 Å². The second-order valence-electron chi connectivity index (χ2n) is 4.40. The van der Waals surface area contributed by atoms with Crippen molar-refractivity contribution in [3.05, 3.63) is 35.9 Å². The molecule has 110 valence electrons. The molecular weight excluding hydrogens is 280 g/mol. The first-order valence-electron chi connectivity index (χ1n) is 6.39. The fourth-order valence-corrected chi connectivity index (χ4v) is 2.62. The zero-order chi connectivity index (χ0) is 15.0. The van der Waals surface area contributed by atoms with Crippen molar-refractivity contribution in [3.8, 4) is 0 Å². The molecule has 0 unspecified atom stereocenters. The molecule has 1 rings (SSSR count). The maximum absolute atomic E-state index is 11.8. The molecule has 1 aromatic carbocycles. The Morgan fingerprint density at radius 3 is 2.35 bits per heavy atom. The monoisotopic (exact) mass is 298 g/mol. The number of rotatable bonds is 8. The lowest BCUT2D eigenvalue weighted by molar-refractivity contribution is -0.140. The molecule has 0 spiro atoms. The number of unbranched alkanes of at least 4 members (excludes halogenated alkanes) is 1. The standard InChI is InChI=1S/C14H18O5S/c1-2-3-9-19-14(16)11-20(17,18)10-13(15)12-7-5-4-6-8-12/h4-8H,2-3,9-11H2,1H3. The Bertz CT molecular complexity index is 548. The van der Waals surface area contributed by atoms with Crippen molar-refractivity contribution in [1.82, 2.24) is 0 Å². The average molecular weight is 298 g/mol. The molecule has 0 N–H and O–H groups in total. The van der Waals surface area contributed by atoms with E-state index in [-0.39, 0.29) is 6.61 Å². The Hall–Kier alpha value is -1.69. The van der Waals surface area contributed by atoms with E-state index in [0.29, 0.717) is 12.0 Å². The van der Waals surface area contributed by atoms with E-state index in [0.717, 1.165) is 6.42 Å². The zero-order valence-electron chi connectivity index (χ0n) is 11.4. The van der Waals surface area contributed by atoms with Crippen molar-refractivity contribution < 1.29 is 22.7 Å². The van der Waals surface area contributed by atoms with Gasteiger partial charge in [-0.1, -0.05) is 43.7 Å². The Kier molecular flexibility index (Phi) is 6.38. The summed E-state index contributed by atoms with van der Waals surface area (Å²) >= 11 is 0. The van der Waals surface area contributed by atoms with Gasteiger partial charge in [0.05, 0.1) is 6.61 Å². The van der Waals surface area contributed by atoms with Gasteiger partial charge in [0.1, 0.15) is 11.5 Å². The van der Waals surface area contributed by atoms with Gasteiger partial charge in [0, 0.05) is 5.56 Å². The zero-order valence-corrected chi connectivity index (χ0v) is 12.2. The Morgan fingerprint density at radius 1 is 1.10 bits per heavy atom. The van der Waals surface area contributed by atoms with Crippen LogP contribution in [0.15, 0.2) is 30.3 Å². The normalized spacial score (nSPS) is 11.1. The lowest BCUT2D eigenvalue weighted by Crippen LogP contribution is -2.25. The van der Waals surface area contributed by atoms with Crippen LogP contribution in [0.1, 0.15) is 30.1 Å². The molecule has 0 aromatic heterocycles. The van der Waals surface area contributed by atoms with Crippen molar-refractivity contribution in [1.29, 1.82) is 0 Å². The lowest BCUT2D eigenvalue weighted by Gasteiger charge is -2.05. The molecular formula is C14H18O5S. The van der Waals surface area contributed by atoms with Gasteiger partial charge in [-0.15, -0.1) is 0 Å². The van der Waals surface area contributed by atoms with E-state index in [2.05, 4.69) is 0 Å². The third kappa shape index (κ3) is 5.97. The highest BCUT2D eigenvalue weighted by atomic mass is 32.2. The van der Waals surface area contributed by atoms with Crippen molar-refractivity contribution in [3.63, 3.8) is 0 Å². The van der Waals surface area contributed by atoms with Crippen molar-refractivity contribution in [2.45, 2.75) is 19.8 Å². The maximum atomic E-state index is 11.8. The van der Waals surface area contributed by atoms with E-state index in [1.807, 2.05) is 6.92 Å². The highest BCUT2D eigenvalue weighted by Gasteiger charge is 2.22. The molecule has 0 heterocycles. The molecule has 0 aliphatic rings. The minimum absolute atomic E-state index is 0.206. The molecule has 0 atom stereocenters. The van der Waals surface area contributed by atoms with E-state index >= 15 is 0 Å². The molecule has 6 heteroatoms. The second kappa shape index (κ2) is 7.79. The van der Waals surface area contributed by atoms with Gasteiger partial charge < -0.3 is 4.74 Å². The molecule has 1 aromatic rings. The summed E-state index contributed by atoms with van der Waals surface area (Å²) in [5.74, 6) is -2.76. The van der Waals surface area contributed by atoms with Gasteiger partial charge >= 0.3 is 5.97 Å². The van der Waals surface area contributed by atoms with Crippen LogP contribution in [-0.4, -0.2) is 38.3 Å². The quantitative estimate of drug-likeness (QED) is 0.414. The molecule has 0 radical (unpaired) electrons. The summed E-state index contributed by atoms with van der Waals surface area (Å²) < 4.78 is 28.2. The number of benzene rings is 1. The van der Waals surface area contributed by atoms with Gasteiger partial charge in [0.2, 0.25) is 0 Å². The molecule has 0 aliphatic carbocycles. The van der Waals surface area contributed by atoms with E-state index < -0.39 is 33.1 Å². The van der Waals surface area contributed by atoms with Crippen LogP contribution in [0, 0.1) is 0 Å². The van der Waals surface area contributed by atoms with Crippen LogP contribution in [0.2, 0.25) is 0 Å². The summed E-state index contributed by atoms with van der Waals surface area (Å²) in [5.41, 5.74) is 0.315. The van der Waals surface area contributed by atoms with E-state index in [9.17, 15) is 18.0 Å². The summed E-state index contributed by atoms with van der Waals surface area (Å²) in [6.07, 6.45) is 1.54. The Morgan fingerprint density at radius 2 is 1.75 bits per heavy atom. The largest absolute Gasteiger partial charge is 0.465 e. The van der Waals surface area contributed by atoms with Crippen LogP contribution in [-0.2, 0) is 19.4 Å². The summed E-state index contributed by atoms with van der Waals surface area (Å²) in [5, 5.41) is 0. The minimum Gasteiger partial charge on any atom is -0.465 e. The summed E-state index contributed by atoms with van der Waals surface area (Å²) in [4.78, 5) is 23.1.